The third-order valence-electron chi connectivity index (χ3n) is 6.13. The van der Waals surface area contributed by atoms with Gasteiger partial charge in [-0.05, 0) is 37.7 Å². The number of hydrogen-bond acceptors (Lipinski definition) is 8. The van der Waals surface area contributed by atoms with Gasteiger partial charge in [-0.3, -0.25) is 19.3 Å². The van der Waals surface area contributed by atoms with Crippen molar-refractivity contribution in [2.45, 2.75) is 13.5 Å². The molecule has 4 heterocycles. The number of aliphatic imine (C=N–C) groups is 1. The minimum Gasteiger partial charge on any atom is -0.353 e. The van der Waals surface area contributed by atoms with Gasteiger partial charge in [-0.2, -0.15) is 0 Å². The number of nitrogens with one attached hydrogen (secondary N) is 2. The first-order valence-corrected chi connectivity index (χ1v) is 12.0. The van der Waals surface area contributed by atoms with E-state index in [-0.39, 0.29) is 13.1 Å². The number of aryl methyl sites for hydroxylation is 1. The van der Waals surface area contributed by atoms with Crippen LogP contribution in [0.15, 0.2) is 41.4 Å². The number of benzene rings is 1. The summed E-state index contributed by atoms with van der Waals surface area (Å²) in [5.41, 5.74) is 3.73. The lowest BCUT2D eigenvalue weighted by Crippen LogP contribution is -2.47. The molecule has 9 nitrogen and oxygen atoms in total. The van der Waals surface area contributed by atoms with Crippen LogP contribution in [0.5, 0.6) is 0 Å². The second-order valence-corrected chi connectivity index (χ2v) is 9.93. The predicted octanol–water partition coefficient (Wildman–Crippen LogP) is 1.98. The van der Waals surface area contributed by atoms with Gasteiger partial charge in [-0.25, -0.2) is 4.99 Å². The van der Waals surface area contributed by atoms with E-state index in [2.05, 4.69) is 40.5 Å². The van der Waals surface area contributed by atoms with E-state index in [0.29, 0.717) is 0 Å². The summed E-state index contributed by atoms with van der Waals surface area (Å²) in [4.78, 5) is 47.5. The van der Waals surface area contributed by atoms with Crippen LogP contribution in [0.3, 0.4) is 0 Å². The largest absolute Gasteiger partial charge is 0.353 e. The van der Waals surface area contributed by atoms with Crippen LogP contribution >= 0.6 is 11.3 Å². The van der Waals surface area contributed by atoms with Crippen molar-refractivity contribution < 1.29 is 14.4 Å². The third kappa shape index (κ3) is 4.46. The Morgan fingerprint density at radius 2 is 1.85 bits per heavy atom. The molecule has 0 atom stereocenters. The summed E-state index contributed by atoms with van der Waals surface area (Å²) >= 11 is 1.72. The number of anilines is 2. The van der Waals surface area contributed by atoms with Gasteiger partial charge in [-0.1, -0.05) is 6.07 Å². The van der Waals surface area contributed by atoms with E-state index >= 15 is 0 Å². The highest BCUT2D eigenvalue weighted by atomic mass is 32.1. The molecule has 3 aliphatic heterocycles. The fourth-order valence-corrected chi connectivity index (χ4v) is 5.12. The number of likely N-dealkylation sites (N-methyl/N-ethyl adjacent to an activating group) is 1. The Bertz CT molecular complexity index is 1210. The van der Waals surface area contributed by atoms with Crippen LogP contribution in [0.2, 0.25) is 0 Å². The van der Waals surface area contributed by atoms with Crippen LogP contribution in [0, 0.1) is 6.92 Å². The number of amides is 3. The molecule has 3 aliphatic rings. The van der Waals surface area contributed by atoms with Crippen molar-refractivity contribution in [3.8, 4) is 0 Å². The zero-order valence-electron chi connectivity index (χ0n) is 19.1. The molecule has 1 saturated heterocycles. The van der Waals surface area contributed by atoms with Crippen LogP contribution in [0.4, 0.5) is 16.4 Å². The Morgan fingerprint density at radius 1 is 1.12 bits per heavy atom. The summed E-state index contributed by atoms with van der Waals surface area (Å²) in [6.07, 6.45) is 2.34. The summed E-state index contributed by atoms with van der Waals surface area (Å²) in [7, 11) is 2.13. The first-order chi connectivity index (χ1) is 16.4. The van der Waals surface area contributed by atoms with Crippen LogP contribution in [-0.2, 0) is 20.9 Å². The molecule has 1 fully saturated rings. The molecule has 0 saturated carbocycles. The van der Waals surface area contributed by atoms with Gasteiger partial charge in [0.1, 0.15) is 17.4 Å². The summed E-state index contributed by atoms with van der Waals surface area (Å²) in [5.74, 6) is -0.356. The maximum absolute atomic E-state index is 12.3. The van der Waals surface area contributed by atoms with E-state index < -0.39 is 17.7 Å². The standard InChI is InChI=1S/C24H26N6O3S/c1-15-11-17-23(29-9-7-28(2)8-10-29)26-19-12-16(3-4-18(19)27-24(17)34-15)13-25-20(31)14-30-21(32)5-6-22(30)33/h3-6,11-12,27H,7-10,13-14H2,1-2H3,(H,25,31). The van der Waals surface area contributed by atoms with Crippen molar-refractivity contribution >= 4 is 51.3 Å². The van der Waals surface area contributed by atoms with E-state index in [9.17, 15) is 14.4 Å². The van der Waals surface area contributed by atoms with Crippen molar-refractivity contribution in [3.05, 3.63) is 52.4 Å². The lowest BCUT2D eigenvalue weighted by atomic mass is 10.1. The number of imide groups is 1. The average Bonchev–Trinajstić information content (AvgIpc) is 3.29. The van der Waals surface area contributed by atoms with E-state index in [4.69, 9.17) is 4.99 Å². The molecule has 34 heavy (non-hydrogen) atoms. The summed E-state index contributed by atoms with van der Waals surface area (Å²) < 4.78 is 0. The maximum Gasteiger partial charge on any atom is 0.254 e. The lowest BCUT2D eigenvalue weighted by molar-refractivity contribution is -0.141. The van der Waals surface area contributed by atoms with Gasteiger partial charge in [0.05, 0.1) is 16.9 Å². The number of fused-ring (bicyclic) bond motifs is 2. The van der Waals surface area contributed by atoms with Gasteiger partial charge < -0.3 is 20.4 Å². The smallest absolute Gasteiger partial charge is 0.254 e. The molecular weight excluding hydrogens is 452 g/mol. The summed E-state index contributed by atoms with van der Waals surface area (Å²) in [5, 5.41) is 7.42. The molecule has 0 spiro atoms. The number of carbonyl (C=O) groups excluding carboxylic acids is 3. The maximum atomic E-state index is 12.3. The topological polar surface area (TPSA) is 97.3 Å². The van der Waals surface area contributed by atoms with Gasteiger partial charge >= 0.3 is 0 Å². The molecule has 0 bridgehead atoms. The van der Waals surface area contributed by atoms with Crippen LogP contribution < -0.4 is 10.6 Å². The molecule has 5 rings (SSSR count). The average molecular weight is 479 g/mol. The highest BCUT2D eigenvalue weighted by Crippen LogP contribution is 2.39. The zero-order valence-corrected chi connectivity index (χ0v) is 19.9. The number of hydrogen-bond donors (Lipinski definition) is 2. The lowest BCUT2D eigenvalue weighted by Gasteiger charge is -2.34. The van der Waals surface area contributed by atoms with Gasteiger partial charge in [0, 0.05) is 49.8 Å². The number of amidine groups is 1. The quantitative estimate of drug-likeness (QED) is 0.653. The highest BCUT2D eigenvalue weighted by Gasteiger charge is 2.27. The molecule has 10 heteroatoms. The Hall–Kier alpha value is -3.50. The van der Waals surface area contributed by atoms with Crippen molar-refractivity contribution in [1.29, 1.82) is 0 Å². The van der Waals surface area contributed by atoms with Crippen LogP contribution in [0.25, 0.3) is 0 Å². The van der Waals surface area contributed by atoms with Gasteiger partial charge in [0.15, 0.2) is 0 Å². The van der Waals surface area contributed by atoms with Crippen molar-refractivity contribution in [2.24, 2.45) is 4.99 Å². The molecular formula is C24H26N6O3S. The normalized spacial score (nSPS) is 17.8. The Labute approximate surface area is 201 Å². The summed E-state index contributed by atoms with van der Waals surface area (Å²) in [6, 6.07) is 8.07. The Kier molecular flexibility index (Phi) is 5.93. The third-order valence-corrected chi connectivity index (χ3v) is 7.09. The molecule has 0 unspecified atom stereocenters. The first kappa shape index (κ1) is 22.3. The van der Waals surface area contributed by atoms with Crippen LogP contribution in [0.1, 0.15) is 16.0 Å². The molecule has 2 N–H and O–H groups in total. The Balaban J connectivity index is 1.35. The minimum absolute atomic E-state index is 0.274. The SMILES string of the molecule is Cc1cc2c(s1)Nc1ccc(CNC(=O)CN3C(=O)C=CC3=O)cc1N=C2N1CCN(C)CC1. The van der Waals surface area contributed by atoms with Crippen molar-refractivity contribution in [2.75, 3.05) is 45.1 Å². The number of carbonyl (C=O) groups is 3. The molecule has 3 amide bonds. The molecule has 0 aliphatic carbocycles. The minimum atomic E-state index is -0.468. The van der Waals surface area contributed by atoms with E-state index in [1.54, 1.807) is 11.3 Å². The van der Waals surface area contributed by atoms with Crippen LogP contribution in [-0.4, -0.2) is 78.0 Å². The fraction of sp³-hybridized carbons (Fsp3) is 0.333. The van der Waals surface area contributed by atoms with Gasteiger partial charge in [0.2, 0.25) is 5.91 Å². The van der Waals surface area contributed by atoms with Gasteiger partial charge in [-0.15, -0.1) is 11.3 Å². The van der Waals surface area contributed by atoms with Crippen molar-refractivity contribution in [3.63, 3.8) is 0 Å². The summed E-state index contributed by atoms with van der Waals surface area (Å²) in [6.45, 7) is 5.89. The number of piperazine rings is 1. The predicted molar refractivity (Wildman–Crippen MR) is 132 cm³/mol. The first-order valence-electron chi connectivity index (χ1n) is 11.2. The molecule has 176 valence electrons. The number of rotatable bonds is 4. The monoisotopic (exact) mass is 478 g/mol. The molecule has 1 aromatic heterocycles. The van der Waals surface area contributed by atoms with Gasteiger partial charge in [0.25, 0.3) is 11.8 Å². The molecule has 2 aromatic rings. The Morgan fingerprint density at radius 3 is 2.59 bits per heavy atom. The van der Waals surface area contributed by atoms with E-state index in [0.717, 1.165) is 64.4 Å². The second-order valence-electron chi connectivity index (χ2n) is 8.67. The number of nitrogens with zero attached hydrogens (tertiary/aromatic N) is 4. The fourth-order valence-electron chi connectivity index (χ4n) is 4.20. The molecule has 0 radical (unpaired) electrons. The second kappa shape index (κ2) is 9.03. The molecule has 1 aromatic carbocycles. The number of thiophene rings is 1. The highest BCUT2D eigenvalue weighted by molar-refractivity contribution is 7.16. The van der Waals surface area contributed by atoms with Crippen molar-refractivity contribution in [1.82, 2.24) is 20.0 Å². The van der Waals surface area contributed by atoms with E-state index in [1.165, 1.54) is 17.0 Å². The zero-order chi connectivity index (χ0) is 23.8. The van der Waals surface area contributed by atoms with E-state index in [1.807, 2.05) is 18.2 Å².